The third-order valence-corrected chi connectivity index (χ3v) is 5.30. The Morgan fingerprint density at radius 2 is 1.78 bits per heavy atom. The van der Waals surface area contributed by atoms with Gasteiger partial charge in [0.2, 0.25) is 0 Å². The molecule has 2 aromatic rings. The molecule has 0 radical (unpaired) electrons. The molecule has 0 atom stereocenters. The molecule has 1 saturated heterocycles. The Balaban J connectivity index is 1.55. The number of rotatable bonds is 5. The Hall–Kier alpha value is -3.23. The van der Waals surface area contributed by atoms with Crippen LogP contribution in [0.15, 0.2) is 53.5 Å². The molecule has 3 rings (SSSR count). The predicted molar refractivity (Wildman–Crippen MR) is 119 cm³/mol. The predicted octanol–water partition coefficient (Wildman–Crippen LogP) is 4.54. The van der Waals surface area contributed by atoms with Crippen LogP contribution in [0.25, 0.3) is 0 Å². The van der Waals surface area contributed by atoms with E-state index in [0.717, 1.165) is 54.9 Å². The quantitative estimate of drug-likeness (QED) is 0.523. The van der Waals surface area contributed by atoms with Gasteiger partial charge in [0.15, 0.2) is 5.96 Å². The van der Waals surface area contributed by atoms with Gasteiger partial charge in [-0.05, 0) is 48.2 Å². The van der Waals surface area contributed by atoms with Crippen LogP contribution in [0.3, 0.4) is 0 Å². The number of hydrogen-bond donors (Lipinski definition) is 2. The lowest BCUT2D eigenvalue weighted by Crippen LogP contribution is -2.38. The fourth-order valence-electron chi connectivity index (χ4n) is 3.60. The smallest absolute Gasteiger partial charge is 0.352 e. The SMILES string of the molecule is CN=C(NCc1cccc(NC(=O)N2CCCC2)c1)N(C)Cc1ccc(C(F)(F)F)cc1. The normalized spacial score (nSPS) is 14.4. The van der Waals surface area contributed by atoms with Crippen molar-refractivity contribution in [3.05, 3.63) is 65.2 Å². The molecule has 1 aliphatic heterocycles. The largest absolute Gasteiger partial charge is 0.416 e. The van der Waals surface area contributed by atoms with Crippen molar-refractivity contribution in [3.8, 4) is 0 Å². The van der Waals surface area contributed by atoms with Crippen molar-refractivity contribution in [1.29, 1.82) is 0 Å². The number of likely N-dealkylation sites (tertiary alicyclic amines) is 1. The molecule has 1 aliphatic rings. The summed E-state index contributed by atoms with van der Waals surface area (Å²) >= 11 is 0. The lowest BCUT2D eigenvalue weighted by molar-refractivity contribution is -0.137. The fourth-order valence-corrected chi connectivity index (χ4v) is 3.60. The van der Waals surface area contributed by atoms with Crippen molar-refractivity contribution < 1.29 is 18.0 Å². The molecule has 0 spiro atoms. The van der Waals surface area contributed by atoms with Gasteiger partial charge in [0.05, 0.1) is 5.56 Å². The van der Waals surface area contributed by atoms with E-state index in [0.29, 0.717) is 19.0 Å². The van der Waals surface area contributed by atoms with E-state index in [2.05, 4.69) is 15.6 Å². The van der Waals surface area contributed by atoms with Gasteiger partial charge in [0.25, 0.3) is 0 Å². The van der Waals surface area contributed by atoms with E-state index in [1.807, 2.05) is 41.1 Å². The first-order valence-corrected chi connectivity index (χ1v) is 10.5. The average molecular weight is 448 g/mol. The number of amides is 2. The van der Waals surface area contributed by atoms with Gasteiger partial charge >= 0.3 is 12.2 Å². The minimum Gasteiger partial charge on any atom is -0.352 e. The Labute approximate surface area is 186 Å². The Bertz CT molecular complexity index is 937. The Morgan fingerprint density at radius 1 is 1.09 bits per heavy atom. The highest BCUT2D eigenvalue weighted by Crippen LogP contribution is 2.29. The number of carbonyl (C=O) groups is 1. The van der Waals surface area contributed by atoms with Gasteiger partial charge in [0.1, 0.15) is 0 Å². The first kappa shape index (κ1) is 23.4. The van der Waals surface area contributed by atoms with E-state index >= 15 is 0 Å². The minimum atomic E-state index is -4.34. The van der Waals surface area contributed by atoms with Crippen molar-refractivity contribution in [2.75, 3.05) is 32.5 Å². The first-order chi connectivity index (χ1) is 15.3. The number of nitrogens with one attached hydrogen (secondary N) is 2. The number of guanidine groups is 1. The summed E-state index contributed by atoms with van der Waals surface area (Å²) in [5, 5.41) is 6.18. The van der Waals surface area contributed by atoms with Gasteiger partial charge in [-0.25, -0.2) is 4.79 Å². The van der Waals surface area contributed by atoms with Crippen LogP contribution in [-0.2, 0) is 19.3 Å². The number of carbonyl (C=O) groups excluding carboxylic acids is 1. The van der Waals surface area contributed by atoms with Crippen molar-refractivity contribution >= 4 is 17.7 Å². The molecule has 1 heterocycles. The number of aliphatic imine (C=N–C) groups is 1. The van der Waals surface area contributed by atoms with Crippen LogP contribution in [0, 0.1) is 0 Å². The van der Waals surface area contributed by atoms with Crippen molar-refractivity contribution in [3.63, 3.8) is 0 Å². The summed E-state index contributed by atoms with van der Waals surface area (Å²) in [5.41, 5.74) is 1.78. The van der Waals surface area contributed by atoms with Crippen molar-refractivity contribution in [1.82, 2.24) is 15.1 Å². The highest BCUT2D eigenvalue weighted by Gasteiger charge is 2.30. The maximum Gasteiger partial charge on any atom is 0.416 e. The number of halogens is 3. The molecule has 1 fully saturated rings. The summed E-state index contributed by atoms with van der Waals surface area (Å²) in [6, 6.07) is 12.6. The van der Waals surface area contributed by atoms with Crippen LogP contribution in [-0.4, -0.2) is 49.0 Å². The number of urea groups is 1. The summed E-state index contributed by atoms with van der Waals surface area (Å²) in [6.45, 7) is 2.46. The molecule has 6 nitrogen and oxygen atoms in total. The lowest BCUT2D eigenvalue weighted by atomic mass is 10.1. The zero-order valence-corrected chi connectivity index (χ0v) is 18.2. The third kappa shape index (κ3) is 6.38. The molecule has 0 aromatic heterocycles. The molecular weight excluding hydrogens is 419 g/mol. The van der Waals surface area contributed by atoms with E-state index in [4.69, 9.17) is 0 Å². The summed E-state index contributed by atoms with van der Waals surface area (Å²) in [4.78, 5) is 20.2. The van der Waals surface area contributed by atoms with Crippen molar-refractivity contribution in [2.24, 2.45) is 4.99 Å². The molecule has 9 heteroatoms. The van der Waals surface area contributed by atoms with Gasteiger partial charge in [-0.2, -0.15) is 13.2 Å². The fraction of sp³-hybridized carbons (Fsp3) is 0.391. The van der Waals surface area contributed by atoms with Crippen LogP contribution in [0.5, 0.6) is 0 Å². The molecular formula is C23H28F3N5O. The number of anilines is 1. The zero-order chi connectivity index (χ0) is 23.1. The standard InChI is InChI=1S/C23H28F3N5O/c1-27-21(30(2)16-17-8-10-19(11-9-17)23(24,25)26)28-15-18-6-5-7-20(14-18)29-22(32)31-12-3-4-13-31/h5-11,14H,3-4,12-13,15-16H2,1-2H3,(H,27,28)(H,29,32). The summed E-state index contributed by atoms with van der Waals surface area (Å²) in [7, 11) is 3.47. The molecule has 172 valence electrons. The Kier molecular flexibility index (Phi) is 7.61. The van der Waals surface area contributed by atoms with E-state index in [-0.39, 0.29) is 6.03 Å². The van der Waals surface area contributed by atoms with E-state index < -0.39 is 11.7 Å². The number of nitrogens with zero attached hydrogens (tertiary/aromatic N) is 3. The lowest BCUT2D eigenvalue weighted by Gasteiger charge is -2.22. The molecule has 32 heavy (non-hydrogen) atoms. The van der Waals surface area contributed by atoms with E-state index in [1.165, 1.54) is 12.1 Å². The second-order valence-electron chi connectivity index (χ2n) is 7.78. The topological polar surface area (TPSA) is 60.0 Å². The van der Waals surface area contributed by atoms with E-state index in [1.54, 1.807) is 7.05 Å². The molecule has 2 N–H and O–H groups in total. The zero-order valence-electron chi connectivity index (χ0n) is 18.2. The molecule has 2 amide bonds. The summed E-state index contributed by atoms with van der Waals surface area (Å²) in [5.74, 6) is 0.608. The maximum absolute atomic E-state index is 12.7. The second kappa shape index (κ2) is 10.4. The van der Waals surface area contributed by atoms with E-state index in [9.17, 15) is 18.0 Å². The highest BCUT2D eigenvalue weighted by atomic mass is 19.4. The van der Waals surface area contributed by atoms with Gasteiger partial charge in [-0.15, -0.1) is 0 Å². The van der Waals surface area contributed by atoms with Crippen LogP contribution in [0.1, 0.15) is 29.5 Å². The minimum absolute atomic E-state index is 0.0836. The van der Waals surface area contributed by atoms with Crippen molar-refractivity contribution in [2.45, 2.75) is 32.1 Å². The van der Waals surface area contributed by atoms with Crippen LogP contribution in [0.2, 0.25) is 0 Å². The van der Waals surface area contributed by atoms with Gasteiger partial charge in [-0.3, -0.25) is 4.99 Å². The number of alkyl halides is 3. The second-order valence-corrected chi connectivity index (χ2v) is 7.78. The summed E-state index contributed by atoms with van der Waals surface area (Å²) < 4.78 is 38.2. The first-order valence-electron chi connectivity index (χ1n) is 10.5. The van der Waals surface area contributed by atoms with Gasteiger partial charge in [0, 0.05) is 46.0 Å². The average Bonchev–Trinajstić information content (AvgIpc) is 3.29. The molecule has 0 aliphatic carbocycles. The number of benzene rings is 2. The molecule has 0 bridgehead atoms. The maximum atomic E-state index is 12.7. The monoisotopic (exact) mass is 447 g/mol. The van der Waals surface area contributed by atoms with Crippen LogP contribution >= 0.6 is 0 Å². The summed E-state index contributed by atoms with van der Waals surface area (Å²) in [6.07, 6.45) is -2.27. The molecule has 0 unspecified atom stereocenters. The molecule has 2 aromatic carbocycles. The number of hydrogen-bond acceptors (Lipinski definition) is 2. The Morgan fingerprint density at radius 3 is 2.41 bits per heavy atom. The van der Waals surface area contributed by atoms with Gasteiger partial charge in [-0.1, -0.05) is 24.3 Å². The third-order valence-electron chi connectivity index (χ3n) is 5.30. The van der Waals surface area contributed by atoms with Crippen LogP contribution < -0.4 is 10.6 Å². The molecule has 0 saturated carbocycles. The van der Waals surface area contributed by atoms with Crippen LogP contribution in [0.4, 0.5) is 23.7 Å². The highest BCUT2D eigenvalue weighted by molar-refractivity contribution is 5.89. The van der Waals surface area contributed by atoms with Gasteiger partial charge < -0.3 is 20.4 Å².